The zero-order valence-corrected chi connectivity index (χ0v) is 6.23. The minimum absolute atomic E-state index is 0. The van der Waals surface area contributed by atoms with Crippen molar-refractivity contribution in [3.8, 4) is 0 Å². The molecule has 0 rings (SSSR count). The first-order valence-electron chi connectivity index (χ1n) is 0. The molecule has 8 N–H and O–H groups in total. The number of halogens is 2. The molecule has 0 amide bonds. The fourth-order valence-corrected chi connectivity index (χ4v) is 0. The van der Waals surface area contributed by atoms with Crippen LogP contribution in [-0.2, 0) is 22.4 Å². The number of hydrogen-bond donors (Lipinski definition) is 0. The Kier molecular flexibility index (Phi) is 8960. The van der Waals surface area contributed by atoms with Crippen LogP contribution in [0.3, 0.4) is 0 Å². The maximum atomic E-state index is 0. The van der Waals surface area contributed by atoms with E-state index in [1.54, 1.807) is 0 Å². The third kappa shape index (κ3) is 142. The first-order chi connectivity index (χ1) is 0. The summed E-state index contributed by atoms with van der Waals surface area (Å²) in [7, 11) is 0. The van der Waals surface area contributed by atoms with Crippen LogP contribution in [-0.4, -0.2) is 21.9 Å². The molecule has 59 valence electrons. The van der Waals surface area contributed by atoms with Gasteiger partial charge < -0.3 is 21.9 Å². The minimum atomic E-state index is 0. The molecule has 0 aliphatic rings. The molecule has 0 aromatic carbocycles. The normalized spacial score (nSPS) is 0. The monoisotopic (exact) mass is 251 g/mol. The standard InChI is InChI=1S/Ag.2ClH.4H2O/h;2*1H;4*1H2. The molecule has 0 fully saturated rings. The van der Waals surface area contributed by atoms with E-state index in [0.717, 1.165) is 0 Å². The predicted molar refractivity (Wildman–Crippen MR) is 29.0 cm³/mol. The van der Waals surface area contributed by atoms with Gasteiger partial charge in [0, 0.05) is 22.4 Å². The van der Waals surface area contributed by atoms with Gasteiger partial charge in [0.1, 0.15) is 0 Å². The minimum Gasteiger partial charge on any atom is -0.412 e. The van der Waals surface area contributed by atoms with Crippen LogP contribution in [0, 0.1) is 0 Å². The average molecular weight is 253 g/mol. The maximum Gasteiger partial charge on any atom is 0 e. The summed E-state index contributed by atoms with van der Waals surface area (Å²) in [6, 6.07) is 0. The van der Waals surface area contributed by atoms with Crippen molar-refractivity contribution < 1.29 is 44.3 Å². The zero-order chi connectivity index (χ0) is 0. The summed E-state index contributed by atoms with van der Waals surface area (Å²) >= 11 is 0. The van der Waals surface area contributed by atoms with E-state index in [-0.39, 0.29) is 69.1 Å². The third-order valence-corrected chi connectivity index (χ3v) is 0. The topological polar surface area (TPSA) is 126 Å². The van der Waals surface area contributed by atoms with Crippen molar-refractivity contribution in [3.05, 3.63) is 0 Å². The second-order valence-electron chi connectivity index (χ2n) is 0. The van der Waals surface area contributed by atoms with Gasteiger partial charge in [-0.15, -0.1) is 24.8 Å². The Morgan fingerprint density at radius 1 is 0.429 bits per heavy atom. The molecule has 0 saturated heterocycles. The van der Waals surface area contributed by atoms with Gasteiger partial charge in [0.15, 0.2) is 0 Å². The Balaban J connectivity index is 0. The van der Waals surface area contributed by atoms with Crippen molar-refractivity contribution in [2.24, 2.45) is 0 Å². The first-order valence-corrected chi connectivity index (χ1v) is 0. The van der Waals surface area contributed by atoms with E-state index in [1.807, 2.05) is 0 Å². The van der Waals surface area contributed by atoms with E-state index in [9.17, 15) is 0 Å². The van der Waals surface area contributed by atoms with Crippen molar-refractivity contribution in [2.75, 3.05) is 0 Å². The molecule has 7 heteroatoms. The van der Waals surface area contributed by atoms with Gasteiger partial charge in [-0.3, -0.25) is 0 Å². The second-order valence-corrected chi connectivity index (χ2v) is 0. The molecular weight excluding hydrogens is 243 g/mol. The van der Waals surface area contributed by atoms with Crippen LogP contribution >= 0.6 is 24.8 Å². The van der Waals surface area contributed by atoms with E-state index in [4.69, 9.17) is 0 Å². The molecule has 0 atom stereocenters. The van der Waals surface area contributed by atoms with E-state index in [0.29, 0.717) is 0 Å². The Labute approximate surface area is 69.2 Å². The molecule has 0 spiro atoms. The Bertz CT molecular complexity index is 9.65. The Hall–Kier alpha value is 1.16. The fourth-order valence-electron chi connectivity index (χ4n) is 0. The first kappa shape index (κ1) is 311. The van der Waals surface area contributed by atoms with Crippen LogP contribution in [0.2, 0.25) is 0 Å². The molecule has 0 unspecified atom stereocenters. The van der Waals surface area contributed by atoms with Crippen LogP contribution in [0.5, 0.6) is 0 Å². The quantitative estimate of drug-likeness (QED) is 0.424. The summed E-state index contributed by atoms with van der Waals surface area (Å²) < 4.78 is 0. The largest absolute Gasteiger partial charge is 0.412 e. The van der Waals surface area contributed by atoms with Crippen molar-refractivity contribution in [3.63, 3.8) is 0 Å². The maximum absolute atomic E-state index is 0. The van der Waals surface area contributed by atoms with Gasteiger partial charge in [0.25, 0.3) is 0 Å². The SMILES string of the molecule is Cl.Cl.O.O.O.O.[Ag]. The zero-order valence-electron chi connectivity index (χ0n) is 3.12. The molecular formula is H10AgCl2O4. The summed E-state index contributed by atoms with van der Waals surface area (Å²) in [4.78, 5) is 0. The van der Waals surface area contributed by atoms with Gasteiger partial charge in [0.05, 0.1) is 0 Å². The second kappa shape index (κ2) is 202. The van der Waals surface area contributed by atoms with Crippen LogP contribution in [0.15, 0.2) is 0 Å². The molecule has 0 saturated carbocycles. The molecule has 7 heavy (non-hydrogen) atoms. The van der Waals surface area contributed by atoms with Gasteiger partial charge in [-0.1, -0.05) is 0 Å². The molecule has 0 bridgehead atoms. The van der Waals surface area contributed by atoms with Crippen LogP contribution in [0.4, 0.5) is 0 Å². The summed E-state index contributed by atoms with van der Waals surface area (Å²) in [6.07, 6.45) is 0. The molecule has 0 aliphatic heterocycles. The van der Waals surface area contributed by atoms with Crippen molar-refractivity contribution in [1.82, 2.24) is 0 Å². The predicted octanol–water partition coefficient (Wildman–Crippen LogP) is -2.46. The van der Waals surface area contributed by atoms with Gasteiger partial charge >= 0.3 is 0 Å². The fraction of sp³-hybridized carbons (Fsp3) is 0. The van der Waals surface area contributed by atoms with Gasteiger partial charge in [-0.2, -0.15) is 0 Å². The van der Waals surface area contributed by atoms with Crippen LogP contribution in [0.25, 0.3) is 0 Å². The molecule has 4 nitrogen and oxygen atoms in total. The third-order valence-electron chi connectivity index (χ3n) is 0. The Morgan fingerprint density at radius 2 is 0.429 bits per heavy atom. The van der Waals surface area contributed by atoms with Gasteiger partial charge in [0.2, 0.25) is 0 Å². The van der Waals surface area contributed by atoms with Crippen molar-refractivity contribution in [2.45, 2.75) is 0 Å². The van der Waals surface area contributed by atoms with E-state index in [1.165, 1.54) is 0 Å². The van der Waals surface area contributed by atoms with E-state index >= 15 is 0 Å². The molecule has 0 aliphatic carbocycles. The summed E-state index contributed by atoms with van der Waals surface area (Å²) in [5, 5.41) is 0. The van der Waals surface area contributed by atoms with E-state index in [2.05, 4.69) is 0 Å². The smallest absolute Gasteiger partial charge is 0 e. The summed E-state index contributed by atoms with van der Waals surface area (Å²) in [6.45, 7) is 0. The average Bonchev–Trinajstić information content (AvgIpc) is 0. The van der Waals surface area contributed by atoms with Crippen molar-refractivity contribution in [1.29, 1.82) is 0 Å². The van der Waals surface area contributed by atoms with Crippen molar-refractivity contribution >= 4 is 24.8 Å². The number of rotatable bonds is 0. The molecule has 1 radical (unpaired) electrons. The molecule has 0 heterocycles. The summed E-state index contributed by atoms with van der Waals surface area (Å²) in [5.41, 5.74) is 0. The molecule has 0 aromatic rings. The van der Waals surface area contributed by atoms with Gasteiger partial charge in [-0.25, -0.2) is 0 Å². The number of hydrogen-bond acceptors (Lipinski definition) is 0. The Morgan fingerprint density at radius 3 is 0.429 bits per heavy atom. The van der Waals surface area contributed by atoms with Gasteiger partial charge in [-0.05, 0) is 0 Å². The molecule has 0 aromatic heterocycles. The summed E-state index contributed by atoms with van der Waals surface area (Å²) in [5.74, 6) is 0. The van der Waals surface area contributed by atoms with E-state index < -0.39 is 0 Å². The van der Waals surface area contributed by atoms with Crippen LogP contribution < -0.4 is 0 Å². The van der Waals surface area contributed by atoms with Crippen LogP contribution in [0.1, 0.15) is 0 Å².